The molecule has 6 nitrogen and oxygen atoms in total. The van der Waals surface area contributed by atoms with Gasteiger partial charge >= 0.3 is 0 Å². The first-order valence-electron chi connectivity index (χ1n) is 9.44. The summed E-state index contributed by atoms with van der Waals surface area (Å²) in [5.41, 5.74) is 3.70. The minimum absolute atomic E-state index is 0.142. The van der Waals surface area contributed by atoms with E-state index < -0.39 is 12.1 Å². The molecule has 2 aromatic carbocycles. The first kappa shape index (κ1) is 18.8. The molecule has 3 aromatic rings. The molecule has 3 atom stereocenters. The van der Waals surface area contributed by atoms with Crippen LogP contribution in [0.5, 0.6) is 0 Å². The van der Waals surface area contributed by atoms with Crippen molar-refractivity contribution in [2.24, 2.45) is 0 Å². The Kier molecular flexibility index (Phi) is 5.32. The van der Waals surface area contributed by atoms with Gasteiger partial charge < -0.3 is 10.0 Å². The molecule has 2 heterocycles. The second-order valence-electron chi connectivity index (χ2n) is 7.06. The fourth-order valence-electron chi connectivity index (χ4n) is 3.96. The summed E-state index contributed by atoms with van der Waals surface area (Å²) in [7, 11) is 0. The van der Waals surface area contributed by atoms with Crippen LogP contribution >= 0.6 is 0 Å². The molecule has 1 saturated heterocycles. The van der Waals surface area contributed by atoms with Crippen molar-refractivity contribution in [2.75, 3.05) is 6.61 Å². The minimum atomic E-state index is -0.589. The number of carbonyl (C=O) groups excluding carboxylic acids is 1. The van der Waals surface area contributed by atoms with Crippen molar-refractivity contribution in [3.05, 3.63) is 84.4 Å². The molecule has 1 N–H and O–H groups in total. The summed E-state index contributed by atoms with van der Waals surface area (Å²) < 4.78 is 0. The van der Waals surface area contributed by atoms with Crippen LogP contribution in [0.1, 0.15) is 17.0 Å². The Morgan fingerprint density at radius 3 is 2.34 bits per heavy atom. The predicted octanol–water partition coefficient (Wildman–Crippen LogP) is 2.57. The Morgan fingerprint density at radius 1 is 1.03 bits per heavy atom. The molecule has 1 amide bonds. The van der Waals surface area contributed by atoms with Crippen LogP contribution in [0, 0.1) is 11.3 Å². The fraction of sp³-hybridized carbons (Fsp3) is 0.217. The van der Waals surface area contributed by atoms with Crippen molar-refractivity contribution in [3.8, 4) is 17.2 Å². The zero-order valence-electron chi connectivity index (χ0n) is 15.7. The number of aliphatic hydroxyl groups excluding tert-OH is 1. The monoisotopic (exact) mass is 384 g/mol. The van der Waals surface area contributed by atoms with Crippen molar-refractivity contribution in [2.45, 2.75) is 24.4 Å². The normalized spacial score (nSPS) is 20.6. The molecule has 0 spiro atoms. The zero-order chi connectivity index (χ0) is 20.2. The SMILES string of the molecule is N#C[C@@H]1[C@H](c2ccc(-c3cncnc3)cc2)[C@H](CO)N1C(=O)Cc1ccccc1. The van der Waals surface area contributed by atoms with Gasteiger partial charge in [-0.3, -0.25) is 4.79 Å². The molecule has 1 aromatic heterocycles. The lowest BCUT2D eigenvalue weighted by atomic mass is 9.75. The summed E-state index contributed by atoms with van der Waals surface area (Å²) >= 11 is 0. The number of nitrogens with zero attached hydrogens (tertiary/aromatic N) is 4. The van der Waals surface area contributed by atoms with Gasteiger partial charge in [-0.25, -0.2) is 9.97 Å². The highest BCUT2D eigenvalue weighted by Gasteiger charge is 2.51. The van der Waals surface area contributed by atoms with Crippen molar-refractivity contribution >= 4 is 5.91 Å². The maximum atomic E-state index is 12.8. The molecule has 0 radical (unpaired) electrons. The van der Waals surface area contributed by atoms with E-state index in [4.69, 9.17) is 0 Å². The van der Waals surface area contributed by atoms with Gasteiger partial charge in [-0.2, -0.15) is 5.26 Å². The van der Waals surface area contributed by atoms with E-state index in [2.05, 4.69) is 16.0 Å². The van der Waals surface area contributed by atoms with E-state index in [-0.39, 0.29) is 24.9 Å². The van der Waals surface area contributed by atoms with E-state index in [0.717, 1.165) is 22.3 Å². The zero-order valence-corrected chi connectivity index (χ0v) is 15.7. The molecule has 0 bridgehead atoms. The van der Waals surface area contributed by atoms with Crippen LogP contribution in [-0.2, 0) is 11.2 Å². The Labute approximate surface area is 169 Å². The topological polar surface area (TPSA) is 90.1 Å². The fourth-order valence-corrected chi connectivity index (χ4v) is 3.96. The van der Waals surface area contributed by atoms with Crippen molar-refractivity contribution < 1.29 is 9.90 Å². The third-order valence-corrected chi connectivity index (χ3v) is 5.41. The first-order valence-corrected chi connectivity index (χ1v) is 9.44. The largest absolute Gasteiger partial charge is 0.394 e. The van der Waals surface area contributed by atoms with Crippen LogP contribution in [-0.4, -0.2) is 44.6 Å². The van der Waals surface area contributed by atoms with E-state index >= 15 is 0 Å². The van der Waals surface area contributed by atoms with Crippen LogP contribution < -0.4 is 0 Å². The average molecular weight is 384 g/mol. The van der Waals surface area contributed by atoms with Gasteiger partial charge in [-0.05, 0) is 16.7 Å². The smallest absolute Gasteiger partial charge is 0.228 e. The molecule has 4 rings (SSSR count). The molecule has 1 aliphatic heterocycles. The number of amides is 1. The van der Waals surface area contributed by atoms with Gasteiger partial charge in [0.15, 0.2) is 0 Å². The maximum absolute atomic E-state index is 12.8. The second kappa shape index (κ2) is 8.21. The third-order valence-electron chi connectivity index (χ3n) is 5.41. The Hall–Kier alpha value is -3.56. The van der Waals surface area contributed by atoms with Crippen LogP contribution in [0.2, 0.25) is 0 Å². The Morgan fingerprint density at radius 2 is 1.72 bits per heavy atom. The number of hydrogen-bond acceptors (Lipinski definition) is 5. The van der Waals surface area contributed by atoms with E-state index in [1.807, 2.05) is 54.6 Å². The lowest BCUT2D eigenvalue weighted by molar-refractivity contribution is -0.146. The van der Waals surface area contributed by atoms with E-state index in [1.54, 1.807) is 12.4 Å². The summed E-state index contributed by atoms with van der Waals surface area (Å²) in [6.45, 7) is -0.183. The summed E-state index contributed by atoms with van der Waals surface area (Å²) in [6, 6.07) is 18.5. The lowest BCUT2D eigenvalue weighted by Gasteiger charge is -2.51. The molecule has 29 heavy (non-hydrogen) atoms. The Bertz CT molecular complexity index is 1020. The molecular formula is C23H20N4O2. The number of nitriles is 1. The lowest BCUT2D eigenvalue weighted by Crippen LogP contribution is -2.65. The van der Waals surface area contributed by atoms with Crippen molar-refractivity contribution in [1.29, 1.82) is 5.26 Å². The molecule has 0 unspecified atom stereocenters. The van der Waals surface area contributed by atoms with Crippen LogP contribution in [0.25, 0.3) is 11.1 Å². The van der Waals surface area contributed by atoms with Crippen LogP contribution in [0.15, 0.2) is 73.3 Å². The summed E-state index contributed by atoms with van der Waals surface area (Å²) in [5.74, 6) is -0.359. The van der Waals surface area contributed by atoms with Gasteiger partial charge in [0.05, 0.1) is 25.1 Å². The average Bonchev–Trinajstić information content (AvgIpc) is 2.75. The molecule has 1 aliphatic rings. The van der Waals surface area contributed by atoms with E-state index in [0.29, 0.717) is 0 Å². The quantitative estimate of drug-likeness (QED) is 0.730. The van der Waals surface area contributed by atoms with Crippen LogP contribution in [0.4, 0.5) is 0 Å². The van der Waals surface area contributed by atoms with Gasteiger partial charge in [-0.15, -0.1) is 0 Å². The molecule has 0 aliphatic carbocycles. The van der Waals surface area contributed by atoms with E-state index in [9.17, 15) is 15.2 Å². The van der Waals surface area contributed by atoms with E-state index in [1.165, 1.54) is 11.2 Å². The van der Waals surface area contributed by atoms with Crippen LogP contribution in [0.3, 0.4) is 0 Å². The molecule has 144 valence electrons. The number of hydrogen-bond donors (Lipinski definition) is 1. The predicted molar refractivity (Wildman–Crippen MR) is 107 cm³/mol. The number of rotatable bonds is 5. The first-order chi connectivity index (χ1) is 14.2. The summed E-state index contributed by atoms with van der Waals surface area (Å²) in [4.78, 5) is 22.4. The summed E-state index contributed by atoms with van der Waals surface area (Å²) in [5, 5.41) is 19.6. The third kappa shape index (κ3) is 3.60. The number of aromatic nitrogens is 2. The van der Waals surface area contributed by atoms with Gasteiger partial charge in [0.25, 0.3) is 0 Å². The minimum Gasteiger partial charge on any atom is -0.394 e. The van der Waals surface area contributed by atoms with Crippen molar-refractivity contribution in [3.63, 3.8) is 0 Å². The molecule has 6 heteroatoms. The highest BCUT2D eigenvalue weighted by atomic mass is 16.3. The highest BCUT2D eigenvalue weighted by Crippen LogP contribution is 2.41. The maximum Gasteiger partial charge on any atom is 0.228 e. The standard InChI is InChI=1S/C23H20N4O2/c24-11-20-23(18-8-6-17(7-9-18)19-12-25-15-26-13-19)21(14-28)27(20)22(29)10-16-4-2-1-3-5-16/h1-9,12-13,15,20-21,23,28H,10,14H2/t20-,21+,23+/m1/s1. The summed E-state index contributed by atoms with van der Waals surface area (Å²) in [6.07, 6.45) is 5.18. The van der Waals surface area contributed by atoms with Gasteiger partial charge in [0.1, 0.15) is 12.4 Å². The molecule has 0 saturated carbocycles. The Balaban J connectivity index is 1.54. The molecule has 1 fully saturated rings. The number of benzene rings is 2. The number of carbonyl (C=O) groups is 1. The second-order valence-corrected chi connectivity index (χ2v) is 7.06. The van der Waals surface area contributed by atoms with Gasteiger partial charge in [0.2, 0.25) is 5.91 Å². The van der Waals surface area contributed by atoms with Crippen molar-refractivity contribution in [1.82, 2.24) is 14.9 Å². The van der Waals surface area contributed by atoms with Gasteiger partial charge in [0, 0.05) is 23.9 Å². The number of aliphatic hydroxyl groups is 1. The number of likely N-dealkylation sites (tertiary alicyclic amines) is 1. The highest BCUT2D eigenvalue weighted by molar-refractivity contribution is 5.81. The molecular weight excluding hydrogens is 364 g/mol. The van der Waals surface area contributed by atoms with Gasteiger partial charge in [-0.1, -0.05) is 54.6 Å².